The Hall–Kier alpha value is -1.78. The van der Waals surface area contributed by atoms with Gasteiger partial charge < -0.3 is 14.4 Å². The van der Waals surface area contributed by atoms with E-state index in [1.165, 1.54) is 14.2 Å². The number of hydrogen-bond donors (Lipinski definition) is 0. The lowest BCUT2D eigenvalue weighted by atomic mass is 9.95. The van der Waals surface area contributed by atoms with Gasteiger partial charge in [0.05, 0.1) is 25.4 Å². The van der Waals surface area contributed by atoms with Crippen molar-refractivity contribution in [1.82, 2.24) is 4.90 Å². The Balaban J connectivity index is 2.52. The van der Waals surface area contributed by atoms with Gasteiger partial charge in [-0.1, -0.05) is 18.9 Å². The Kier molecular flexibility index (Phi) is 6.68. The summed E-state index contributed by atoms with van der Waals surface area (Å²) in [7, 11) is 2.72. The summed E-state index contributed by atoms with van der Waals surface area (Å²) < 4.78 is 9.93. The molecule has 1 saturated heterocycles. The number of carbonyl (C=O) groups is 2. The second kappa shape index (κ2) is 8.75. The third-order valence-corrected chi connectivity index (χ3v) is 4.56. The molecule has 1 aliphatic heterocycles. The molecule has 23 heavy (non-hydrogen) atoms. The smallest absolute Gasteiger partial charge is 0.340 e. The maximum absolute atomic E-state index is 12.5. The standard InChI is InChI=1S/C18H27NO4/c1-22-17(20)14-10-6-4-3-5-7-11-15(16(14)18(21)23-2)19-12-8-9-13-19/h10H,3-9,11-13H2,1-2H3. The number of likely N-dealkylation sites (tertiary alicyclic amines) is 1. The number of carbonyl (C=O) groups excluding carboxylic acids is 2. The molecule has 0 bridgehead atoms. The van der Waals surface area contributed by atoms with E-state index >= 15 is 0 Å². The van der Waals surface area contributed by atoms with Crippen LogP contribution < -0.4 is 0 Å². The van der Waals surface area contributed by atoms with Crippen LogP contribution in [0.2, 0.25) is 0 Å². The zero-order valence-electron chi connectivity index (χ0n) is 14.2. The summed E-state index contributed by atoms with van der Waals surface area (Å²) in [5.74, 6) is -0.896. The quantitative estimate of drug-likeness (QED) is 0.748. The van der Waals surface area contributed by atoms with Gasteiger partial charge in [0, 0.05) is 18.8 Å². The molecule has 128 valence electrons. The average molecular weight is 321 g/mol. The first-order chi connectivity index (χ1) is 11.2. The number of ether oxygens (including phenoxy) is 2. The van der Waals surface area contributed by atoms with Gasteiger partial charge in [-0.05, 0) is 38.5 Å². The summed E-state index contributed by atoms with van der Waals surface area (Å²) in [6, 6.07) is 0. The largest absolute Gasteiger partial charge is 0.465 e. The lowest BCUT2D eigenvalue weighted by Crippen LogP contribution is -2.26. The minimum atomic E-state index is -0.456. The molecule has 5 heteroatoms. The lowest BCUT2D eigenvalue weighted by molar-refractivity contribution is -0.139. The molecule has 0 aromatic heterocycles. The Morgan fingerprint density at radius 1 is 0.913 bits per heavy atom. The van der Waals surface area contributed by atoms with Gasteiger partial charge in [0.1, 0.15) is 0 Å². The number of nitrogens with zero attached hydrogens (tertiary/aromatic N) is 1. The van der Waals surface area contributed by atoms with Gasteiger partial charge in [-0.2, -0.15) is 0 Å². The van der Waals surface area contributed by atoms with Gasteiger partial charge in [0.25, 0.3) is 0 Å². The third kappa shape index (κ3) is 4.36. The van der Waals surface area contributed by atoms with Gasteiger partial charge in [0.15, 0.2) is 0 Å². The number of hydrogen-bond acceptors (Lipinski definition) is 5. The molecular formula is C18H27NO4. The van der Waals surface area contributed by atoms with Gasteiger partial charge in [0.2, 0.25) is 0 Å². The Morgan fingerprint density at radius 3 is 2.22 bits per heavy atom. The predicted octanol–water partition coefficient (Wildman–Crippen LogP) is 2.96. The molecule has 2 rings (SSSR count). The summed E-state index contributed by atoms with van der Waals surface area (Å²) in [6.07, 6.45) is 10.0. The van der Waals surface area contributed by atoms with Crippen molar-refractivity contribution in [3.05, 3.63) is 22.9 Å². The summed E-state index contributed by atoms with van der Waals surface area (Å²) in [4.78, 5) is 27.0. The van der Waals surface area contributed by atoms with Crippen molar-refractivity contribution in [2.45, 2.75) is 51.4 Å². The highest BCUT2D eigenvalue weighted by Crippen LogP contribution is 2.29. The maximum Gasteiger partial charge on any atom is 0.340 e. The zero-order chi connectivity index (χ0) is 16.7. The minimum absolute atomic E-state index is 0.364. The Labute approximate surface area is 138 Å². The van der Waals surface area contributed by atoms with E-state index in [1.54, 1.807) is 0 Å². The van der Waals surface area contributed by atoms with Crippen LogP contribution >= 0.6 is 0 Å². The van der Waals surface area contributed by atoms with Gasteiger partial charge >= 0.3 is 11.9 Å². The van der Waals surface area contributed by atoms with E-state index in [9.17, 15) is 9.59 Å². The van der Waals surface area contributed by atoms with E-state index in [2.05, 4.69) is 4.90 Å². The van der Waals surface area contributed by atoms with Crippen LogP contribution in [-0.2, 0) is 19.1 Å². The lowest BCUT2D eigenvalue weighted by Gasteiger charge is -2.26. The Bertz CT molecular complexity index is 501. The Morgan fingerprint density at radius 2 is 1.57 bits per heavy atom. The summed E-state index contributed by atoms with van der Waals surface area (Å²) >= 11 is 0. The predicted molar refractivity (Wildman–Crippen MR) is 87.7 cm³/mol. The fourth-order valence-corrected chi connectivity index (χ4v) is 3.35. The van der Waals surface area contributed by atoms with E-state index < -0.39 is 11.9 Å². The second-order valence-corrected chi connectivity index (χ2v) is 6.07. The van der Waals surface area contributed by atoms with E-state index in [0.29, 0.717) is 11.1 Å². The SMILES string of the molecule is COC(=O)C1=CCCCCCCC(N2CCCC2)=C1C(=O)OC. The molecule has 0 unspecified atom stereocenters. The van der Waals surface area contributed by atoms with E-state index in [-0.39, 0.29) is 0 Å². The fourth-order valence-electron chi connectivity index (χ4n) is 3.35. The summed E-state index contributed by atoms with van der Waals surface area (Å²) in [5.41, 5.74) is 1.72. The van der Waals surface area contributed by atoms with Crippen LogP contribution in [0.4, 0.5) is 0 Å². The number of methoxy groups -OCH3 is 2. The molecule has 0 spiro atoms. The molecule has 1 aliphatic carbocycles. The van der Waals surface area contributed by atoms with Gasteiger partial charge in [-0.3, -0.25) is 0 Å². The van der Waals surface area contributed by atoms with Crippen LogP contribution in [-0.4, -0.2) is 44.1 Å². The minimum Gasteiger partial charge on any atom is -0.465 e. The fraction of sp³-hybridized carbons (Fsp3) is 0.667. The first-order valence-corrected chi connectivity index (χ1v) is 8.54. The van der Waals surface area contributed by atoms with Crippen molar-refractivity contribution in [2.24, 2.45) is 0 Å². The topological polar surface area (TPSA) is 55.8 Å². The first-order valence-electron chi connectivity index (χ1n) is 8.54. The van der Waals surface area contributed by atoms with E-state index in [0.717, 1.165) is 70.2 Å². The molecule has 1 heterocycles. The van der Waals surface area contributed by atoms with Crippen molar-refractivity contribution < 1.29 is 19.1 Å². The van der Waals surface area contributed by atoms with Crippen LogP contribution in [0.5, 0.6) is 0 Å². The highest BCUT2D eigenvalue weighted by Gasteiger charge is 2.29. The number of allylic oxidation sites excluding steroid dienone is 2. The molecule has 0 N–H and O–H groups in total. The van der Waals surface area contributed by atoms with E-state index in [4.69, 9.17) is 9.47 Å². The highest BCUT2D eigenvalue weighted by molar-refractivity contribution is 6.07. The van der Waals surface area contributed by atoms with Crippen LogP contribution in [0, 0.1) is 0 Å². The third-order valence-electron chi connectivity index (χ3n) is 4.56. The number of esters is 2. The molecule has 2 aliphatic rings. The van der Waals surface area contributed by atoms with Crippen molar-refractivity contribution in [3.8, 4) is 0 Å². The maximum atomic E-state index is 12.5. The van der Waals surface area contributed by atoms with Crippen LogP contribution in [0.3, 0.4) is 0 Å². The molecular weight excluding hydrogens is 294 g/mol. The average Bonchev–Trinajstić information content (AvgIpc) is 3.11. The molecule has 0 saturated carbocycles. The molecule has 5 nitrogen and oxygen atoms in total. The van der Waals surface area contributed by atoms with Crippen molar-refractivity contribution in [3.63, 3.8) is 0 Å². The normalized spacial score (nSPS) is 20.1. The van der Waals surface area contributed by atoms with Crippen molar-refractivity contribution >= 4 is 11.9 Å². The highest BCUT2D eigenvalue weighted by atomic mass is 16.5. The zero-order valence-corrected chi connectivity index (χ0v) is 14.2. The van der Waals surface area contributed by atoms with Gasteiger partial charge in [-0.25, -0.2) is 9.59 Å². The van der Waals surface area contributed by atoms with Crippen LogP contribution in [0.1, 0.15) is 51.4 Å². The number of rotatable bonds is 3. The molecule has 1 fully saturated rings. The van der Waals surface area contributed by atoms with Crippen molar-refractivity contribution in [1.29, 1.82) is 0 Å². The first kappa shape index (κ1) is 17.6. The van der Waals surface area contributed by atoms with Crippen molar-refractivity contribution in [2.75, 3.05) is 27.3 Å². The summed E-state index contributed by atoms with van der Waals surface area (Å²) in [6.45, 7) is 1.87. The van der Waals surface area contributed by atoms with E-state index in [1.807, 2.05) is 6.08 Å². The molecule has 0 radical (unpaired) electrons. The summed E-state index contributed by atoms with van der Waals surface area (Å²) in [5, 5.41) is 0. The molecule has 0 amide bonds. The molecule has 0 aromatic rings. The second-order valence-electron chi connectivity index (χ2n) is 6.07. The molecule has 0 atom stereocenters. The molecule has 0 aromatic carbocycles. The van der Waals surface area contributed by atoms with Gasteiger partial charge in [-0.15, -0.1) is 0 Å². The monoisotopic (exact) mass is 321 g/mol. The van der Waals surface area contributed by atoms with Crippen LogP contribution in [0.15, 0.2) is 22.9 Å². The van der Waals surface area contributed by atoms with Crippen LogP contribution in [0.25, 0.3) is 0 Å².